The van der Waals surface area contributed by atoms with Crippen LogP contribution in [0.2, 0.25) is 0 Å². The summed E-state index contributed by atoms with van der Waals surface area (Å²) in [6.07, 6.45) is 2.61. The van der Waals surface area contributed by atoms with Crippen molar-refractivity contribution in [1.29, 1.82) is 0 Å². The van der Waals surface area contributed by atoms with Gasteiger partial charge in [0.2, 0.25) is 0 Å². The zero-order valence-corrected chi connectivity index (χ0v) is 12.9. The van der Waals surface area contributed by atoms with Gasteiger partial charge in [-0.1, -0.05) is 24.3 Å². The fourth-order valence-electron chi connectivity index (χ4n) is 2.34. The zero-order chi connectivity index (χ0) is 14.9. The van der Waals surface area contributed by atoms with E-state index in [1.54, 1.807) is 14.2 Å². The SMILES string of the molecule is CN=C(NCc1ccc(COC)cc1)NCC1CCCO1. The maximum atomic E-state index is 5.59. The van der Waals surface area contributed by atoms with Crippen molar-refractivity contribution in [2.45, 2.75) is 32.1 Å². The Kier molecular flexibility index (Phi) is 6.50. The van der Waals surface area contributed by atoms with Gasteiger partial charge < -0.3 is 20.1 Å². The number of guanidine groups is 1. The summed E-state index contributed by atoms with van der Waals surface area (Å²) in [5.41, 5.74) is 2.40. The second-order valence-electron chi connectivity index (χ2n) is 5.19. The molecule has 5 heteroatoms. The number of rotatable bonds is 6. The number of nitrogens with zero attached hydrogens (tertiary/aromatic N) is 1. The van der Waals surface area contributed by atoms with Crippen LogP contribution in [0.5, 0.6) is 0 Å². The number of hydrogen-bond acceptors (Lipinski definition) is 3. The number of aliphatic imine (C=N–C) groups is 1. The first-order chi connectivity index (χ1) is 10.3. The molecule has 0 aromatic heterocycles. The van der Waals surface area contributed by atoms with Gasteiger partial charge in [-0.05, 0) is 24.0 Å². The normalized spacial score (nSPS) is 18.8. The number of ether oxygens (including phenoxy) is 2. The molecule has 1 aliphatic heterocycles. The number of benzene rings is 1. The van der Waals surface area contributed by atoms with Crippen LogP contribution in [-0.2, 0) is 22.6 Å². The van der Waals surface area contributed by atoms with Crippen LogP contribution in [0.15, 0.2) is 29.3 Å². The lowest BCUT2D eigenvalue weighted by atomic mass is 10.1. The van der Waals surface area contributed by atoms with Crippen molar-refractivity contribution in [2.24, 2.45) is 4.99 Å². The monoisotopic (exact) mass is 291 g/mol. The van der Waals surface area contributed by atoms with Gasteiger partial charge in [0.1, 0.15) is 0 Å². The third-order valence-corrected chi connectivity index (χ3v) is 3.54. The van der Waals surface area contributed by atoms with Crippen molar-refractivity contribution in [3.05, 3.63) is 35.4 Å². The van der Waals surface area contributed by atoms with E-state index in [9.17, 15) is 0 Å². The molecular formula is C16H25N3O2. The number of methoxy groups -OCH3 is 1. The predicted molar refractivity (Wildman–Crippen MR) is 84.3 cm³/mol. The summed E-state index contributed by atoms with van der Waals surface area (Å²) in [5, 5.41) is 6.62. The summed E-state index contributed by atoms with van der Waals surface area (Å²) < 4.78 is 10.7. The van der Waals surface area contributed by atoms with Gasteiger partial charge in [-0.15, -0.1) is 0 Å². The molecule has 5 nitrogen and oxygen atoms in total. The molecule has 21 heavy (non-hydrogen) atoms. The quantitative estimate of drug-likeness (QED) is 0.618. The van der Waals surface area contributed by atoms with Crippen molar-refractivity contribution >= 4 is 5.96 Å². The third-order valence-electron chi connectivity index (χ3n) is 3.54. The minimum Gasteiger partial charge on any atom is -0.380 e. The van der Waals surface area contributed by atoms with Crippen molar-refractivity contribution in [3.63, 3.8) is 0 Å². The van der Waals surface area contributed by atoms with Crippen LogP contribution >= 0.6 is 0 Å². The fourth-order valence-corrected chi connectivity index (χ4v) is 2.34. The molecule has 2 N–H and O–H groups in total. The van der Waals surface area contributed by atoms with Crippen LogP contribution in [0.25, 0.3) is 0 Å². The Labute approximate surface area is 126 Å². The molecule has 1 fully saturated rings. The standard InChI is InChI=1S/C16H25N3O2/c1-17-16(19-11-15-4-3-9-21-15)18-10-13-5-7-14(8-6-13)12-20-2/h5-8,15H,3-4,9-12H2,1-2H3,(H2,17,18,19). The molecule has 0 amide bonds. The molecule has 0 bridgehead atoms. The summed E-state index contributed by atoms with van der Waals surface area (Å²) in [6, 6.07) is 8.38. The topological polar surface area (TPSA) is 54.9 Å². The molecule has 1 atom stereocenters. The molecule has 0 radical (unpaired) electrons. The molecule has 1 aromatic rings. The highest BCUT2D eigenvalue weighted by molar-refractivity contribution is 5.79. The van der Waals surface area contributed by atoms with Crippen LogP contribution in [0.1, 0.15) is 24.0 Å². The lowest BCUT2D eigenvalue weighted by Gasteiger charge is -2.15. The van der Waals surface area contributed by atoms with Gasteiger partial charge in [-0.2, -0.15) is 0 Å². The van der Waals surface area contributed by atoms with E-state index < -0.39 is 0 Å². The van der Waals surface area contributed by atoms with Crippen LogP contribution in [0, 0.1) is 0 Å². The largest absolute Gasteiger partial charge is 0.380 e. The maximum absolute atomic E-state index is 5.59. The molecule has 1 unspecified atom stereocenters. The lowest BCUT2D eigenvalue weighted by molar-refractivity contribution is 0.114. The fraction of sp³-hybridized carbons (Fsp3) is 0.562. The minimum absolute atomic E-state index is 0.317. The van der Waals surface area contributed by atoms with E-state index in [0.717, 1.165) is 38.5 Å². The molecule has 0 aliphatic carbocycles. The third kappa shape index (κ3) is 5.36. The van der Waals surface area contributed by atoms with E-state index in [2.05, 4.69) is 39.9 Å². The van der Waals surface area contributed by atoms with Gasteiger partial charge >= 0.3 is 0 Å². The Balaban J connectivity index is 1.74. The van der Waals surface area contributed by atoms with E-state index in [1.807, 2.05) is 0 Å². The summed E-state index contributed by atoms with van der Waals surface area (Å²) in [7, 11) is 3.49. The number of nitrogens with one attached hydrogen (secondary N) is 2. The van der Waals surface area contributed by atoms with Crippen molar-refractivity contribution in [3.8, 4) is 0 Å². The minimum atomic E-state index is 0.317. The molecular weight excluding hydrogens is 266 g/mol. The molecule has 1 aromatic carbocycles. The van der Waals surface area contributed by atoms with E-state index >= 15 is 0 Å². The second kappa shape index (κ2) is 8.64. The van der Waals surface area contributed by atoms with Gasteiger partial charge in [-0.3, -0.25) is 4.99 Å². The van der Waals surface area contributed by atoms with E-state index in [4.69, 9.17) is 9.47 Å². The molecule has 1 aliphatic rings. The first-order valence-electron chi connectivity index (χ1n) is 7.44. The van der Waals surface area contributed by atoms with E-state index in [1.165, 1.54) is 11.1 Å². The highest BCUT2D eigenvalue weighted by atomic mass is 16.5. The van der Waals surface area contributed by atoms with Gasteiger partial charge in [0.15, 0.2) is 5.96 Å². The lowest BCUT2D eigenvalue weighted by Crippen LogP contribution is -2.40. The Hall–Kier alpha value is -1.59. The Bertz CT molecular complexity index is 439. The smallest absolute Gasteiger partial charge is 0.191 e. The van der Waals surface area contributed by atoms with E-state index in [-0.39, 0.29) is 0 Å². The van der Waals surface area contributed by atoms with E-state index in [0.29, 0.717) is 12.7 Å². The molecule has 0 saturated carbocycles. The summed E-state index contributed by atoms with van der Waals surface area (Å²) >= 11 is 0. The first kappa shape index (κ1) is 15.8. The summed E-state index contributed by atoms with van der Waals surface area (Å²) in [5.74, 6) is 0.812. The Morgan fingerprint density at radius 1 is 1.29 bits per heavy atom. The predicted octanol–water partition coefficient (Wildman–Crippen LogP) is 1.68. The second-order valence-corrected chi connectivity index (χ2v) is 5.19. The van der Waals surface area contributed by atoms with Crippen molar-refractivity contribution in [1.82, 2.24) is 10.6 Å². The van der Waals surface area contributed by atoms with Gasteiger partial charge in [0.05, 0.1) is 12.7 Å². The highest BCUT2D eigenvalue weighted by Gasteiger charge is 2.15. The zero-order valence-electron chi connectivity index (χ0n) is 12.9. The molecule has 1 saturated heterocycles. The average Bonchev–Trinajstić information content (AvgIpc) is 3.03. The van der Waals surface area contributed by atoms with Crippen molar-refractivity contribution < 1.29 is 9.47 Å². The molecule has 1 heterocycles. The molecule has 2 rings (SSSR count). The summed E-state index contributed by atoms with van der Waals surface area (Å²) in [6.45, 7) is 3.09. The molecule has 0 spiro atoms. The van der Waals surface area contributed by atoms with Gasteiger partial charge in [-0.25, -0.2) is 0 Å². The summed E-state index contributed by atoms with van der Waals surface area (Å²) in [4.78, 5) is 4.23. The Morgan fingerprint density at radius 2 is 2.05 bits per heavy atom. The Morgan fingerprint density at radius 3 is 2.67 bits per heavy atom. The first-order valence-corrected chi connectivity index (χ1v) is 7.44. The van der Waals surface area contributed by atoms with Gasteiger partial charge in [0.25, 0.3) is 0 Å². The molecule has 116 valence electrons. The van der Waals surface area contributed by atoms with Crippen molar-refractivity contribution in [2.75, 3.05) is 27.3 Å². The highest BCUT2D eigenvalue weighted by Crippen LogP contribution is 2.10. The average molecular weight is 291 g/mol. The number of hydrogen-bond donors (Lipinski definition) is 2. The van der Waals surface area contributed by atoms with Crippen LogP contribution in [0.4, 0.5) is 0 Å². The maximum Gasteiger partial charge on any atom is 0.191 e. The van der Waals surface area contributed by atoms with Crippen LogP contribution in [0.3, 0.4) is 0 Å². The van der Waals surface area contributed by atoms with Gasteiger partial charge in [0, 0.05) is 33.9 Å². The van der Waals surface area contributed by atoms with Crippen LogP contribution in [-0.4, -0.2) is 39.4 Å². The van der Waals surface area contributed by atoms with Crippen LogP contribution < -0.4 is 10.6 Å².